The fourth-order valence-electron chi connectivity index (χ4n) is 4.43. The van der Waals surface area contributed by atoms with Crippen LogP contribution in [0.25, 0.3) is 0 Å². The molecule has 1 aliphatic heterocycles. The number of fused-ring (bicyclic) bond motifs is 1. The van der Waals surface area contributed by atoms with Gasteiger partial charge in [-0.1, -0.05) is 38.0 Å². The zero-order valence-corrected chi connectivity index (χ0v) is 20.0. The van der Waals surface area contributed by atoms with E-state index >= 15 is 0 Å². The molecule has 1 saturated carbocycles. The van der Waals surface area contributed by atoms with Gasteiger partial charge in [0.25, 0.3) is 0 Å². The van der Waals surface area contributed by atoms with E-state index in [0.29, 0.717) is 24.5 Å². The average molecular weight is 454 g/mol. The van der Waals surface area contributed by atoms with Gasteiger partial charge in [0, 0.05) is 24.9 Å². The van der Waals surface area contributed by atoms with Gasteiger partial charge in [-0.15, -0.1) is 11.8 Å². The van der Waals surface area contributed by atoms with Crippen molar-refractivity contribution < 1.29 is 5.11 Å². The molecule has 0 spiro atoms. The number of nitrogens with one attached hydrogen (secondary N) is 2. The molecule has 1 fully saturated rings. The Bertz CT molecular complexity index is 940. The summed E-state index contributed by atoms with van der Waals surface area (Å²) < 4.78 is 0. The summed E-state index contributed by atoms with van der Waals surface area (Å²) in [5.41, 5.74) is 4.28. The third-order valence-electron chi connectivity index (χ3n) is 6.39. The number of benzene rings is 1. The normalized spacial score (nSPS) is 20.4. The fourth-order valence-corrected chi connectivity index (χ4v) is 5.52. The highest BCUT2D eigenvalue weighted by Crippen LogP contribution is 2.36. The SMILES string of the molecule is CCCCCNc1nc(C)c(C2=Nc3ccccc3CS2)c(NC2CCC(CO)CC2)n1. The second kappa shape index (κ2) is 11.1. The van der Waals surface area contributed by atoms with Crippen molar-refractivity contribution in [3.05, 3.63) is 41.1 Å². The van der Waals surface area contributed by atoms with Crippen molar-refractivity contribution in [2.45, 2.75) is 70.6 Å². The number of unbranched alkanes of at least 4 members (excludes halogenated alkanes) is 2. The second-order valence-corrected chi connectivity index (χ2v) is 9.83. The van der Waals surface area contributed by atoms with Crippen molar-refractivity contribution in [3.63, 3.8) is 0 Å². The van der Waals surface area contributed by atoms with Gasteiger partial charge in [-0.2, -0.15) is 4.98 Å². The van der Waals surface area contributed by atoms with Gasteiger partial charge in [0.1, 0.15) is 10.9 Å². The lowest BCUT2D eigenvalue weighted by atomic mass is 9.86. The molecule has 2 aliphatic rings. The van der Waals surface area contributed by atoms with Gasteiger partial charge in [-0.25, -0.2) is 9.98 Å². The van der Waals surface area contributed by atoms with Gasteiger partial charge >= 0.3 is 0 Å². The lowest BCUT2D eigenvalue weighted by Crippen LogP contribution is -2.29. The number of anilines is 2. The molecule has 4 rings (SSSR count). The Hall–Kier alpha value is -2.12. The fraction of sp³-hybridized carbons (Fsp3) is 0.560. The van der Waals surface area contributed by atoms with E-state index in [-0.39, 0.29) is 0 Å². The molecule has 1 aromatic carbocycles. The Kier molecular flexibility index (Phi) is 8.03. The summed E-state index contributed by atoms with van der Waals surface area (Å²) in [6.45, 7) is 5.45. The van der Waals surface area contributed by atoms with Gasteiger partial charge < -0.3 is 15.7 Å². The average Bonchev–Trinajstić information content (AvgIpc) is 2.82. The number of nitrogens with zero attached hydrogens (tertiary/aromatic N) is 3. The van der Waals surface area contributed by atoms with Crippen LogP contribution >= 0.6 is 11.8 Å². The zero-order chi connectivity index (χ0) is 22.3. The van der Waals surface area contributed by atoms with Gasteiger partial charge in [0.05, 0.1) is 16.9 Å². The van der Waals surface area contributed by atoms with E-state index in [1.165, 1.54) is 18.4 Å². The highest BCUT2D eigenvalue weighted by atomic mass is 32.2. The standard InChI is InChI=1S/C25H35N5OS/c1-3-4-7-14-26-25-27-17(2)22(24-29-21-9-6-5-8-19(21)16-32-24)23(30-25)28-20-12-10-18(15-31)11-13-20/h5-6,8-9,18,20,31H,3-4,7,10-16H2,1-2H3,(H2,26,27,28,30). The molecule has 0 amide bonds. The molecule has 0 atom stereocenters. The Morgan fingerprint density at radius 3 is 2.69 bits per heavy atom. The summed E-state index contributed by atoms with van der Waals surface area (Å²) in [5.74, 6) is 2.92. The Labute approximate surface area is 195 Å². The monoisotopic (exact) mass is 453 g/mol. The summed E-state index contributed by atoms with van der Waals surface area (Å²) in [6, 6.07) is 8.71. The minimum Gasteiger partial charge on any atom is -0.396 e. The topological polar surface area (TPSA) is 82.4 Å². The molecule has 3 N–H and O–H groups in total. The van der Waals surface area contributed by atoms with Gasteiger partial charge in [0.2, 0.25) is 5.95 Å². The Balaban J connectivity index is 1.61. The molecule has 0 bridgehead atoms. The van der Waals surface area contributed by atoms with Crippen LogP contribution in [0, 0.1) is 12.8 Å². The van der Waals surface area contributed by atoms with E-state index in [2.05, 4.69) is 42.7 Å². The number of para-hydroxylation sites is 1. The van der Waals surface area contributed by atoms with Crippen LogP contribution in [-0.2, 0) is 5.75 Å². The number of hydrogen-bond donors (Lipinski definition) is 3. The molecule has 6 nitrogen and oxygen atoms in total. The predicted molar refractivity (Wildman–Crippen MR) is 135 cm³/mol. The summed E-state index contributed by atoms with van der Waals surface area (Å²) in [4.78, 5) is 14.7. The molecule has 1 aromatic heterocycles. The lowest BCUT2D eigenvalue weighted by Gasteiger charge is -2.29. The van der Waals surface area contributed by atoms with Crippen LogP contribution in [0.5, 0.6) is 0 Å². The maximum atomic E-state index is 9.49. The first-order chi connectivity index (χ1) is 15.7. The van der Waals surface area contributed by atoms with Crippen LogP contribution in [0.4, 0.5) is 17.5 Å². The van der Waals surface area contributed by atoms with Crippen molar-refractivity contribution in [1.29, 1.82) is 0 Å². The van der Waals surface area contributed by atoms with E-state index in [0.717, 1.165) is 72.2 Å². The first-order valence-corrected chi connectivity index (χ1v) is 13.0. The van der Waals surface area contributed by atoms with E-state index in [9.17, 15) is 5.11 Å². The number of rotatable bonds is 9. The highest BCUT2D eigenvalue weighted by Gasteiger charge is 2.25. The van der Waals surface area contributed by atoms with Crippen LogP contribution in [0.1, 0.15) is 68.7 Å². The number of aromatic nitrogens is 2. The number of hydrogen-bond acceptors (Lipinski definition) is 7. The van der Waals surface area contributed by atoms with Crippen LogP contribution in [0.3, 0.4) is 0 Å². The minimum atomic E-state index is 0.295. The van der Waals surface area contributed by atoms with Gasteiger partial charge in [0.15, 0.2) is 0 Å². The summed E-state index contributed by atoms with van der Waals surface area (Å²) in [6.07, 6.45) is 7.73. The number of aliphatic hydroxyl groups excluding tert-OH is 1. The molecule has 172 valence electrons. The third-order valence-corrected chi connectivity index (χ3v) is 7.42. The smallest absolute Gasteiger partial charge is 0.224 e. The van der Waals surface area contributed by atoms with Crippen LogP contribution in [0.2, 0.25) is 0 Å². The molecule has 0 saturated heterocycles. The molecule has 32 heavy (non-hydrogen) atoms. The van der Waals surface area contributed by atoms with Crippen molar-refractivity contribution in [2.24, 2.45) is 10.9 Å². The third kappa shape index (κ3) is 5.62. The molecule has 0 unspecified atom stereocenters. The van der Waals surface area contributed by atoms with Crippen molar-refractivity contribution in [3.8, 4) is 0 Å². The first-order valence-electron chi connectivity index (χ1n) is 12.0. The van der Waals surface area contributed by atoms with Crippen LogP contribution < -0.4 is 10.6 Å². The number of aliphatic imine (C=N–C) groups is 1. The Morgan fingerprint density at radius 1 is 1.09 bits per heavy atom. The molecule has 2 aromatic rings. The predicted octanol–water partition coefficient (Wildman–Crippen LogP) is 5.68. The number of aliphatic hydroxyl groups is 1. The van der Waals surface area contributed by atoms with E-state index in [4.69, 9.17) is 15.0 Å². The minimum absolute atomic E-state index is 0.295. The molecular weight excluding hydrogens is 418 g/mol. The maximum Gasteiger partial charge on any atom is 0.224 e. The Morgan fingerprint density at radius 2 is 1.91 bits per heavy atom. The van der Waals surface area contributed by atoms with E-state index in [1.807, 2.05) is 6.07 Å². The molecule has 1 aliphatic carbocycles. The number of thioether (sulfide) groups is 1. The van der Waals surface area contributed by atoms with Crippen molar-refractivity contribution >= 4 is 34.3 Å². The molecular formula is C25H35N5OS. The van der Waals surface area contributed by atoms with E-state index < -0.39 is 0 Å². The molecule has 0 radical (unpaired) electrons. The zero-order valence-electron chi connectivity index (χ0n) is 19.2. The van der Waals surface area contributed by atoms with Crippen LogP contribution in [-0.4, -0.2) is 39.3 Å². The largest absolute Gasteiger partial charge is 0.396 e. The highest BCUT2D eigenvalue weighted by molar-refractivity contribution is 8.13. The second-order valence-electron chi connectivity index (χ2n) is 8.87. The lowest BCUT2D eigenvalue weighted by molar-refractivity contribution is 0.185. The summed E-state index contributed by atoms with van der Waals surface area (Å²) >= 11 is 1.76. The maximum absolute atomic E-state index is 9.49. The molecule has 7 heteroatoms. The summed E-state index contributed by atoms with van der Waals surface area (Å²) in [7, 11) is 0. The first kappa shape index (κ1) is 23.1. The van der Waals surface area contributed by atoms with Crippen LogP contribution in [0.15, 0.2) is 29.3 Å². The van der Waals surface area contributed by atoms with Gasteiger partial charge in [-0.05, 0) is 56.6 Å². The number of aryl methyl sites for hydroxylation is 1. The molecule has 2 heterocycles. The summed E-state index contributed by atoms with van der Waals surface area (Å²) in [5, 5.41) is 17.6. The van der Waals surface area contributed by atoms with Crippen molar-refractivity contribution in [2.75, 3.05) is 23.8 Å². The quantitative estimate of drug-likeness (QED) is 0.424. The van der Waals surface area contributed by atoms with Gasteiger partial charge in [-0.3, -0.25) is 0 Å². The van der Waals surface area contributed by atoms with E-state index in [1.54, 1.807) is 11.8 Å². The van der Waals surface area contributed by atoms with Crippen molar-refractivity contribution in [1.82, 2.24) is 9.97 Å².